The molecule has 5 aromatic rings. The lowest BCUT2D eigenvalue weighted by molar-refractivity contribution is 0.0475. The summed E-state index contributed by atoms with van der Waals surface area (Å²) in [5.41, 5.74) is 5.77. The summed E-state index contributed by atoms with van der Waals surface area (Å²) >= 11 is 0. The van der Waals surface area contributed by atoms with E-state index in [1.54, 1.807) is 24.5 Å². The first-order valence-corrected chi connectivity index (χ1v) is 11.9. The van der Waals surface area contributed by atoms with E-state index in [0.717, 1.165) is 22.3 Å². The molecule has 0 bridgehead atoms. The van der Waals surface area contributed by atoms with Gasteiger partial charge in [-0.15, -0.1) is 0 Å². The van der Waals surface area contributed by atoms with E-state index in [1.807, 2.05) is 86.6 Å². The van der Waals surface area contributed by atoms with Gasteiger partial charge in [-0.25, -0.2) is 9.18 Å². The molecule has 5 heteroatoms. The van der Waals surface area contributed by atoms with Crippen molar-refractivity contribution < 1.29 is 13.9 Å². The van der Waals surface area contributed by atoms with Crippen LogP contribution < -0.4 is 0 Å². The second-order valence-electron chi connectivity index (χ2n) is 7.80. The summed E-state index contributed by atoms with van der Waals surface area (Å²) < 4.78 is 19.4. The smallest absolute Gasteiger partial charge is 0.341 e. The first kappa shape index (κ1) is 24.6. The van der Waals surface area contributed by atoms with Crippen LogP contribution in [0, 0.1) is 5.82 Å². The van der Waals surface area contributed by atoms with Crippen LogP contribution in [-0.4, -0.2) is 15.9 Å². The fourth-order valence-corrected chi connectivity index (χ4v) is 3.96. The van der Waals surface area contributed by atoms with Crippen molar-refractivity contribution in [2.75, 3.05) is 0 Å². The van der Waals surface area contributed by atoms with Crippen LogP contribution in [0.15, 0.2) is 109 Å². The predicted octanol–water partition coefficient (Wildman–Crippen LogP) is 7.93. The Morgan fingerprint density at radius 3 is 1.97 bits per heavy atom. The zero-order valence-corrected chi connectivity index (χ0v) is 20.2. The van der Waals surface area contributed by atoms with Gasteiger partial charge in [-0.1, -0.05) is 74.5 Å². The lowest BCUT2D eigenvalue weighted by Crippen LogP contribution is -2.07. The number of nitrogens with one attached hydrogen (secondary N) is 1. The number of hydrogen-bond donors (Lipinski definition) is 1. The van der Waals surface area contributed by atoms with Crippen LogP contribution in [0.3, 0.4) is 0 Å². The number of pyridine rings is 1. The van der Waals surface area contributed by atoms with Crippen LogP contribution in [0.1, 0.15) is 29.8 Å². The fraction of sp³-hybridized carbons (Fsp3) is 0.0968. The van der Waals surface area contributed by atoms with Gasteiger partial charge in [-0.05, 0) is 58.7 Å². The average Bonchev–Trinajstić information content (AvgIpc) is 3.35. The van der Waals surface area contributed by atoms with Crippen LogP contribution in [0.25, 0.3) is 33.6 Å². The third-order valence-corrected chi connectivity index (χ3v) is 5.58. The van der Waals surface area contributed by atoms with E-state index < -0.39 is 5.97 Å². The molecule has 0 fully saturated rings. The standard InChI is InChI=1S/C29H21FN2O2.C2H6/c30-24-13-11-23(12-14-24)27-25(21-15-17-31-18-16-21)26(28(32-27)22-9-5-2-6-10-22)29(33)34-19-20-7-3-1-4-8-20;1-2/h1-18,32H,19H2;1-2H3. The molecule has 0 unspecified atom stereocenters. The van der Waals surface area contributed by atoms with Crippen LogP contribution in [-0.2, 0) is 11.3 Å². The van der Waals surface area contributed by atoms with Crippen molar-refractivity contribution in [3.05, 3.63) is 126 Å². The maximum absolute atomic E-state index is 13.7. The fourth-order valence-electron chi connectivity index (χ4n) is 3.96. The van der Waals surface area contributed by atoms with Gasteiger partial charge < -0.3 is 9.72 Å². The number of esters is 1. The Balaban J connectivity index is 0.00000148. The second-order valence-corrected chi connectivity index (χ2v) is 7.80. The summed E-state index contributed by atoms with van der Waals surface area (Å²) in [6.45, 7) is 4.15. The Hall–Kier alpha value is -4.51. The number of aromatic amines is 1. The third-order valence-electron chi connectivity index (χ3n) is 5.58. The van der Waals surface area contributed by atoms with Crippen molar-refractivity contribution in [3.8, 4) is 33.6 Å². The van der Waals surface area contributed by atoms with Gasteiger partial charge in [0, 0.05) is 18.0 Å². The maximum atomic E-state index is 13.7. The Labute approximate surface area is 210 Å². The normalized spacial score (nSPS) is 10.3. The number of nitrogens with zero attached hydrogens (tertiary/aromatic N) is 1. The van der Waals surface area contributed by atoms with Crippen molar-refractivity contribution >= 4 is 5.97 Å². The molecular weight excluding hydrogens is 451 g/mol. The maximum Gasteiger partial charge on any atom is 0.341 e. The molecule has 0 atom stereocenters. The molecule has 5 rings (SSSR count). The monoisotopic (exact) mass is 478 g/mol. The van der Waals surface area contributed by atoms with Crippen molar-refractivity contribution in [1.29, 1.82) is 0 Å². The molecule has 2 aromatic heterocycles. The average molecular weight is 479 g/mol. The highest BCUT2D eigenvalue weighted by atomic mass is 19.1. The van der Waals surface area contributed by atoms with E-state index in [1.165, 1.54) is 12.1 Å². The largest absolute Gasteiger partial charge is 0.457 e. The minimum absolute atomic E-state index is 0.154. The van der Waals surface area contributed by atoms with E-state index in [0.29, 0.717) is 22.5 Å². The quantitative estimate of drug-likeness (QED) is 0.252. The lowest BCUT2D eigenvalue weighted by atomic mass is 9.96. The molecule has 0 radical (unpaired) electrons. The summed E-state index contributed by atoms with van der Waals surface area (Å²) in [5, 5.41) is 0. The summed E-state index contributed by atoms with van der Waals surface area (Å²) in [4.78, 5) is 21.1. The number of carbonyl (C=O) groups excluding carboxylic acids is 1. The van der Waals surface area contributed by atoms with Gasteiger partial charge in [0.25, 0.3) is 0 Å². The number of aromatic nitrogens is 2. The molecule has 1 N–H and O–H groups in total. The molecule has 3 aromatic carbocycles. The predicted molar refractivity (Wildman–Crippen MR) is 142 cm³/mol. The zero-order chi connectivity index (χ0) is 25.3. The Morgan fingerprint density at radius 1 is 0.750 bits per heavy atom. The van der Waals surface area contributed by atoms with Gasteiger partial charge >= 0.3 is 5.97 Å². The molecule has 2 heterocycles. The van der Waals surface area contributed by atoms with Gasteiger partial charge in [-0.3, -0.25) is 4.98 Å². The van der Waals surface area contributed by atoms with E-state index in [4.69, 9.17) is 4.74 Å². The van der Waals surface area contributed by atoms with Crippen molar-refractivity contribution in [3.63, 3.8) is 0 Å². The number of rotatable bonds is 6. The number of H-pyrrole nitrogens is 1. The third kappa shape index (κ3) is 5.41. The van der Waals surface area contributed by atoms with Crippen LogP contribution >= 0.6 is 0 Å². The van der Waals surface area contributed by atoms with Crippen molar-refractivity contribution in [2.45, 2.75) is 20.5 Å². The van der Waals surface area contributed by atoms with Crippen molar-refractivity contribution in [2.24, 2.45) is 0 Å². The number of benzene rings is 3. The van der Waals surface area contributed by atoms with E-state index in [-0.39, 0.29) is 12.4 Å². The number of carbonyl (C=O) groups is 1. The Bertz CT molecular complexity index is 1400. The highest BCUT2D eigenvalue weighted by molar-refractivity contribution is 6.07. The molecule has 36 heavy (non-hydrogen) atoms. The molecular formula is C31H27FN2O2. The van der Waals surface area contributed by atoms with E-state index >= 15 is 0 Å². The molecule has 0 amide bonds. The van der Waals surface area contributed by atoms with Gasteiger partial charge in [0.05, 0.1) is 17.0 Å². The molecule has 0 saturated carbocycles. The van der Waals surface area contributed by atoms with Crippen LogP contribution in [0.4, 0.5) is 4.39 Å². The highest BCUT2D eigenvalue weighted by Crippen LogP contribution is 2.41. The summed E-state index contributed by atoms with van der Waals surface area (Å²) in [6.07, 6.45) is 3.36. The molecule has 180 valence electrons. The van der Waals surface area contributed by atoms with Gasteiger partial charge in [0.1, 0.15) is 12.4 Å². The molecule has 0 spiro atoms. The second kappa shape index (κ2) is 11.8. The van der Waals surface area contributed by atoms with E-state index in [2.05, 4.69) is 9.97 Å². The first-order chi connectivity index (χ1) is 17.7. The van der Waals surface area contributed by atoms with Gasteiger partial charge in [-0.2, -0.15) is 0 Å². The zero-order valence-electron chi connectivity index (χ0n) is 20.2. The van der Waals surface area contributed by atoms with Crippen LogP contribution in [0.5, 0.6) is 0 Å². The summed E-state index contributed by atoms with van der Waals surface area (Å²) in [7, 11) is 0. The molecule has 0 saturated heterocycles. The summed E-state index contributed by atoms with van der Waals surface area (Å²) in [5.74, 6) is -0.773. The number of halogens is 1. The number of hydrogen-bond acceptors (Lipinski definition) is 3. The van der Waals surface area contributed by atoms with Gasteiger partial charge in [0.2, 0.25) is 0 Å². The number of ether oxygens (including phenoxy) is 1. The molecule has 0 aliphatic heterocycles. The molecule has 4 nitrogen and oxygen atoms in total. The summed E-state index contributed by atoms with van der Waals surface area (Å²) in [6, 6.07) is 29.1. The first-order valence-electron chi connectivity index (χ1n) is 11.9. The highest BCUT2D eigenvalue weighted by Gasteiger charge is 2.27. The minimum atomic E-state index is -0.445. The Morgan fingerprint density at radius 2 is 1.33 bits per heavy atom. The van der Waals surface area contributed by atoms with Gasteiger partial charge in [0.15, 0.2) is 0 Å². The topological polar surface area (TPSA) is 55.0 Å². The lowest BCUT2D eigenvalue weighted by Gasteiger charge is -2.10. The van der Waals surface area contributed by atoms with Crippen molar-refractivity contribution in [1.82, 2.24) is 9.97 Å². The molecule has 0 aliphatic rings. The SMILES string of the molecule is CC.O=C(OCc1ccccc1)c1c(-c2ccccc2)[nH]c(-c2ccc(F)cc2)c1-c1ccncc1. The minimum Gasteiger partial charge on any atom is -0.457 e. The Kier molecular flexibility index (Phi) is 8.04. The van der Waals surface area contributed by atoms with Crippen LogP contribution in [0.2, 0.25) is 0 Å². The molecule has 0 aliphatic carbocycles. The van der Waals surface area contributed by atoms with E-state index in [9.17, 15) is 9.18 Å².